The van der Waals surface area contributed by atoms with E-state index < -0.39 is 0 Å². The van der Waals surface area contributed by atoms with Gasteiger partial charge in [0.1, 0.15) is 17.4 Å². The van der Waals surface area contributed by atoms with Crippen LogP contribution in [0.15, 0.2) is 24.3 Å². The maximum Gasteiger partial charge on any atom is 0.237 e. The van der Waals surface area contributed by atoms with Gasteiger partial charge in [-0.15, -0.1) is 0 Å². The van der Waals surface area contributed by atoms with E-state index in [0.29, 0.717) is 12.3 Å². The molecule has 0 radical (unpaired) electrons. The third-order valence-electron chi connectivity index (χ3n) is 2.65. The number of anilines is 1. The van der Waals surface area contributed by atoms with Gasteiger partial charge in [0, 0.05) is 5.56 Å². The lowest BCUT2D eigenvalue weighted by atomic mass is 10.1. The zero-order valence-electron chi connectivity index (χ0n) is 11.3. The van der Waals surface area contributed by atoms with Crippen molar-refractivity contribution in [1.29, 1.82) is 5.26 Å². The van der Waals surface area contributed by atoms with E-state index in [1.807, 2.05) is 6.92 Å². The minimum Gasteiger partial charge on any atom is -0.497 e. The first-order valence-electron chi connectivity index (χ1n) is 6.04. The highest BCUT2D eigenvalue weighted by Crippen LogP contribution is 2.29. The normalized spacial score (nSPS) is 9.85. The number of nitrogens with zero attached hydrogens (tertiary/aromatic N) is 3. The van der Waals surface area contributed by atoms with Crippen LogP contribution in [-0.2, 0) is 0 Å². The molecule has 0 saturated carbocycles. The van der Waals surface area contributed by atoms with E-state index in [-0.39, 0.29) is 17.4 Å². The summed E-state index contributed by atoms with van der Waals surface area (Å²) in [6, 6.07) is 9.25. The van der Waals surface area contributed by atoms with Gasteiger partial charge in [-0.2, -0.15) is 10.2 Å². The molecule has 1 aromatic carbocycles. The van der Waals surface area contributed by atoms with Gasteiger partial charge < -0.3 is 15.2 Å². The summed E-state index contributed by atoms with van der Waals surface area (Å²) in [4.78, 5) is 8.09. The molecule has 102 valence electrons. The van der Waals surface area contributed by atoms with Crippen LogP contribution >= 0.6 is 0 Å². The lowest BCUT2D eigenvalue weighted by Gasteiger charge is -2.10. The van der Waals surface area contributed by atoms with E-state index in [0.717, 1.165) is 11.3 Å². The Hall–Kier alpha value is -2.81. The van der Waals surface area contributed by atoms with Gasteiger partial charge in [0.25, 0.3) is 0 Å². The van der Waals surface area contributed by atoms with Gasteiger partial charge in [0.2, 0.25) is 11.8 Å². The summed E-state index contributed by atoms with van der Waals surface area (Å²) >= 11 is 0. The Morgan fingerprint density at radius 2 is 1.95 bits per heavy atom. The van der Waals surface area contributed by atoms with Crippen molar-refractivity contribution in [3.63, 3.8) is 0 Å². The standard InChI is InChI=1S/C14H14N4O2/c1-3-20-13-11(8-15)12(17-14(16)18-13)9-4-6-10(19-2)7-5-9/h4-7H,3H2,1-2H3,(H2,16,17,18). The Balaban J connectivity index is 2.57. The largest absolute Gasteiger partial charge is 0.497 e. The highest BCUT2D eigenvalue weighted by molar-refractivity contribution is 5.70. The van der Waals surface area contributed by atoms with Crippen LogP contribution in [0.5, 0.6) is 11.6 Å². The zero-order valence-corrected chi connectivity index (χ0v) is 11.3. The Morgan fingerprint density at radius 3 is 2.50 bits per heavy atom. The molecule has 0 amide bonds. The van der Waals surface area contributed by atoms with E-state index in [1.54, 1.807) is 31.4 Å². The number of nitrogen functional groups attached to an aromatic ring is 1. The second kappa shape index (κ2) is 5.89. The van der Waals surface area contributed by atoms with Crippen molar-refractivity contribution in [3.05, 3.63) is 29.8 Å². The van der Waals surface area contributed by atoms with Crippen LogP contribution in [0.25, 0.3) is 11.3 Å². The Labute approximate surface area is 116 Å². The smallest absolute Gasteiger partial charge is 0.237 e. The maximum absolute atomic E-state index is 9.30. The molecule has 0 atom stereocenters. The molecule has 0 unspecified atom stereocenters. The summed E-state index contributed by atoms with van der Waals surface area (Å²) in [5.41, 5.74) is 7.14. The molecular formula is C14H14N4O2. The van der Waals surface area contributed by atoms with E-state index in [1.165, 1.54) is 0 Å². The van der Waals surface area contributed by atoms with Crippen molar-refractivity contribution < 1.29 is 9.47 Å². The summed E-state index contributed by atoms with van der Waals surface area (Å²) in [5.74, 6) is 0.992. The van der Waals surface area contributed by atoms with E-state index in [9.17, 15) is 5.26 Å². The van der Waals surface area contributed by atoms with Crippen LogP contribution < -0.4 is 15.2 Å². The molecule has 0 spiro atoms. The fourth-order valence-electron chi connectivity index (χ4n) is 1.76. The number of hydrogen-bond acceptors (Lipinski definition) is 6. The van der Waals surface area contributed by atoms with Crippen LogP contribution in [0.2, 0.25) is 0 Å². The molecule has 0 aliphatic carbocycles. The minimum atomic E-state index is 0.0678. The number of hydrogen-bond donors (Lipinski definition) is 1. The predicted molar refractivity (Wildman–Crippen MR) is 74.3 cm³/mol. The SMILES string of the molecule is CCOc1nc(N)nc(-c2ccc(OC)cc2)c1C#N. The lowest BCUT2D eigenvalue weighted by molar-refractivity contribution is 0.326. The van der Waals surface area contributed by atoms with Gasteiger partial charge in [-0.25, -0.2) is 4.98 Å². The molecule has 0 bridgehead atoms. The van der Waals surface area contributed by atoms with E-state index >= 15 is 0 Å². The number of ether oxygens (including phenoxy) is 2. The maximum atomic E-state index is 9.30. The Kier molecular flexibility index (Phi) is 4.01. The second-order valence-electron chi connectivity index (χ2n) is 3.88. The molecule has 0 aliphatic rings. The molecule has 0 fully saturated rings. The third kappa shape index (κ3) is 2.62. The molecule has 20 heavy (non-hydrogen) atoms. The first kappa shape index (κ1) is 13.6. The predicted octanol–water partition coefficient (Wildman–Crippen LogP) is 2.00. The van der Waals surface area contributed by atoms with Gasteiger partial charge in [-0.3, -0.25) is 0 Å². The number of methoxy groups -OCH3 is 1. The lowest BCUT2D eigenvalue weighted by Crippen LogP contribution is -2.05. The fraction of sp³-hybridized carbons (Fsp3) is 0.214. The number of rotatable bonds is 4. The molecule has 2 aromatic rings. The quantitative estimate of drug-likeness (QED) is 0.913. The summed E-state index contributed by atoms with van der Waals surface area (Å²) in [5, 5.41) is 9.30. The molecule has 1 aromatic heterocycles. The molecule has 1 heterocycles. The van der Waals surface area contributed by atoms with Crippen molar-refractivity contribution in [2.75, 3.05) is 19.5 Å². The monoisotopic (exact) mass is 270 g/mol. The number of nitriles is 1. The van der Waals surface area contributed by atoms with Crippen molar-refractivity contribution in [2.45, 2.75) is 6.92 Å². The molecule has 0 saturated heterocycles. The van der Waals surface area contributed by atoms with Gasteiger partial charge in [0.15, 0.2) is 0 Å². The highest BCUT2D eigenvalue weighted by atomic mass is 16.5. The van der Waals surface area contributed by atoms with Crippen molar-refractivity contribution in [1.82, 2.24) is 9.97 Å². The summed E-state index contributed by atoms with van der Waals surface area (Å²) in [6.07, 6.45) is 0. The first-order chi connectivity index (χ1) is 9.69. The number of nitrogens with two attached hydrogens (primary N) is 1. The topological polar surface area (TPSA) is 94.1 Å². The minimum absolute atomic E-state index is 0.0678. The van der Waals surface area contributed by atoms with Crippen LogP contribution in [-0.4, -0.2) is 23.7 Å². The van der Waals surface area contributed by atoms with Crippen molar-refractivity contribution in [2.24, 2.45) is 0 Å². The highest BCUT2D eigenvalue weighted by Gasteiger charge is 2.16. The molecular weight excluding hydrogens is 256 g/mol. The van der Waals surface area contributed by atoms with Crippen LogP contribution in [0, 0.1) is 11.3 Å². The van der Waals surface area contributed by atoms with Crippen molar-refractivity contribution in [3.8, 4) is 29.0 Å². The second-order valence-corrected chi connectivity index (χ2v) is 3.88. The average Bonchev–Trinajstić information content (AvgIpc) is 2.47. The van der Waals surface area contributed by atoms with E-state index in [2.05, 4.69) is 16.0 Å². The molecule has 6 heteroatoms. The Morgan fingerprint density at radius 1 is 1.25 bits per heavy atom. The van der Waals surface area contributed by atoms with Crippen LogP contribution in [0.4, 0.5) is 5.95 Å². The number of benzene rings is 1. The van der Waals surface area contributed by atoms with Gasteiger partial charge in [-0.05, 0) is 31.2 Å². The Bertz CT molecular complexity index is 647. The van der Waals surface area contributed by atoms with Gasteiger partial charge in [-0.1, -0.05) is 0 Å². The third-order valence-corrected chi connectivity index (χ3v) is 2.65. The summed E-state index contributed by atoms with van der Waals surface area (Å²) < 4.78 is 10.4. The first-order valence-corrected chi connectivity index (χ1v) is 6.04. The van der Waals surface area contributed by atoms with Crippen LogP contribution in [0.1, 0.15) is 12.5 Å². The summed E-state index contributed by atoms with van der Waals surface area (Å²) in [6.45, 7) is 2.21. The van der Waals surface area contributed by atoms with Gasteiger partial charge >= 0.3 is 0 Å². The zero-order chi connectivity index (χ0) is 14.5. The molecule has 6 nitrogen and oxygen atoms in total. The molecule has 2 N–H and O–H groups in total. The van der Waals surface area contributed by atoms with E-state index in [4.69, 9.17) is 15.2 Å². The van der Waals surface area contributed by atoms with Crippen molar-refractivity contribution >= 4 is 5.95 Å². The fourth-order valence-corrected chi connectivity index (χ4v) is 1.76. The van der Waals surface area contributed by atoms with Crippen LogP contribution in [0.3, 0.4) is 0 Å². The molecule has 0 aliphatic heterocycles. The number of aromatic nitrogens is 2. The summed E-state index contributed by atoms with van der Waals surface area (Å²) in [7, 11) is 1.59. The average molecular weight is 270 g/mol. The molecule has 2 rings (SSSR count). The van der Waals surface area contributed by atoms with Gasteiger partial charge in [0.05, 0.1) is 19.4 Å².